The van der Waals surface area contributed by atoms with Crippen molar-refractivity contribution in [3.8, 4) is 0 Å². The fraction of sp³-hybridized carbons (Fsp3) is 0.286. The van der Waals surface area contributed by atoms with Crippen molar-refractivity contribution in [3.05, 3.63) is 57.3 Å². The van der Waals surface area contributed by atoms with Crippen molar-refractivity contribution >= 4 is 55.9 Å². The molecule has 0 aliphatic heterocycles. The third-order valence-corrected chi connectivity index (χ3v) is 6.80. The Bertz CT molecular complexity index is 1350. The molecule has 0 bridgehead atoms. The van der Waals surface area contributed by atoms with Gasteiger partial charge in [0.1, 0.15) is 0 Å². The molecule has 0 fully saturated rings. The van der Waals surface area contributed by atoms with Gasteiger partial charge in [0.15, 0.2) is 5.16 Å². The lowest BCUT2D eigenvalue weighted by Crippen LogP contribution is -2.26. The summed E-state index contributed by atoms with van der Waals surface area (Å²) in [6.45, 7) is 6.02. The smallest absolute Gasteiger partial charge is 0.262 e. The SMILES string of the molecule is Cc1ccc(NC(=O)CSc2nc3ccc(Cl)cc3c(=O)n2CC(C)C)cc1S(N)(=O)=O. The minimum Gasteiger partial charge on any atom is -0.325 e. The van der Waals surface area contributed by atoms with Crippen LogP contribution < -0.4 is 16.0 Å². The second-order valence-electron chi connectivity index (χ2n) is 7.73. The number of halogens is 1. The topological polar surface area (TPSA) is 124 Å². The standard InChI is InChI=1S/C21H23ClN4O4S2/c1-12(2)10-26-20(28)16-8-14(22)5-7-17(16)25-21(26)31-11-19(27)24-15-6-4-13(3)18(9-15)32(23,29)30/h4-9,12H,10-11H2,1-3H3,(H,24,27)(H2,23,29,30). The average Bonchev–Trinajstić information content (AvgIpc) is 2.69. The summed E-state index contributed by atoms with van der Waals surface area (Å²) < 4.78 is 24.9. The van der Waals surface area contributed by atoms with Gasteiger partial charge in [0.05, 0.1) is 21.6 Å². The number of carbonyl (C=O) groups excluding carboxylic acids is 1. The zero-order chi connectivity index (χ0) is 23.6. The highest BCUT2D eigenvalue weighted by molar-refractivity contribution is 7.99. The predicted molar refractivity (Wildman–Crippen MR) is 128 cm³/mol. The molecule has 1 aromatic heterocycles. The van der Waals surface area contributed by atoms with E-state index in [1.54, 1.807) is 41.8 Å². The fourth-order valence-corrected chi connectivity index (χ4v) is 4.91. The number of hydrogen-bond acceptors (Lipinski definition) is 6. The first-order chi connectivity index (χ1) is 15.0. The van der Waals surface area contributed by atoms with E-state index >= 15 is 0 Å². The van der Waals surface area contributed by atoms with Crippen LogP contribution in [-0.4, -0.2) is 29.6 Å². The Balaban J connectivity index is 1.85. The zero-order valence-electron chi connectivity index (χ0n) is 17.8. The van der Waals surface area contributed by atoms with Gasteiger partial charge in [0.2, 0.25) is 15.9 Å². The molecule has 0 aliphatic rings. The first kappa shape index (κ1) is 24.2. The molecule has 0 saturated carbocycles. The summed E-state index contributed by atoms with van der Waals surface area (Å²) in [6.07, 6.45) is 0. The van der Waals surface area contributed by atoms with Gasteiger partial charge in [-0.2, -0.15) is 0 Å². The molecule has 0 aliphatic carbocycles. The molecule has 0 atom stereocenters. The first-order valence-electron chi connectivity index (χ1n) is 9.72. The van der Waals surface area contributed by atoms with Crippen LogP contribution >= 0.6 is 23.4 Å². The molecule has 1 amide bonds. The third-order valence-electron chi connectivity index (χ3n) is 4.54. The summed E-state index contributed by atoms with van der Waals surface area (Å²) >= 11 is 7.16. The molecule has 0 unspecified atom stereocenters. The summed E-state index contributed by atoms with van der Waals surface area (Å²) in [5, 5.41) is 9.17. The largest absolute Gasteiger partial charge is 0.325 e. The Morgan fingerprint density at radius 1 is 1.25 bits per heavy atom. The first-order valence-corrected chi connectivity index (χ1v) is 12.6. The van der Waals surface area contributed by atoms with Gasteiger partial charge in [-0.05, 0) is 48.7 Å². The van der Waals surface area contributed by atoms with Crippen LogP contribution in [0.2, 0.25) is 5.02 Å². The van der Waals surface area contributed by atoms with Crippen LogP contribution in [0.15, 0.2) is 51.2 Å². The van der Waals surface area contributed by atoms with E-state index in [9.17, 15) is 18.0 Å². The number of amides is 1. The van der Waals surface area contributed by atoms with Crippen molar-refractivity contribution in [2.75, 3.05) is 11.1 Å². The third kappa shape index (κ3) is 5.69. The number of rotatable bonds is 7. The highest BCUT2D eigenvalue weighted by Gasteiger charge is 2.16. The predicted octanol–water partition coefficient (Wildman–Crippen LogP) is 3.39. The molecule has 1 heterocycles. The second kappa shape index (κ2) is 9.62. The highest BCUT2D eigenvalue weighted by atomic mass is 35.5. The van der Waals surface area contributed by atoms with Crippen molar-refractivity contribution in [1.29, 1.82) is 0 Å². The Morgan fingerprint density at radius 3 is 2.62 bits per heavy atom. The molecule has 8 nitrogen and oxygen atoms in total. The van der Waals surface area contributed by atoms with E-state index in [1.165, 1.54) is 6.07 Å². The summed E-state index contributed by atoms with van der Waals surface area (Å²) in [5.74, 6) is -0.216. The van der Waals surface area contributed by atoms with E-state index < -0.39 is 10.0 Å². The second-order valence-corrected chi connectivity index (χ2v) is 10.6. The van der Waals surface area contributed by atoms with Gasteiger partial charge in [-0.3, -0.25) is 14.2 Å². The molecule has 170 valence electrons. The van der Waals surface area contributed by atoms with Crippen LogP contribution in [-0.2, 0) is 21.4 Å². The molecule has 3 aromatic rings. The number of benzene rings is 2. The maximum Gasteiger partial charge on any atom is 0.262 e. The van der Waals surface area contributed by atoms with Gasteiger partial charge in [0.25, 0.3) is 5.56 Å². The van der Waals surface area contributed by atoms with Gasteiger partial charge >= 0.3 is 0 Å². The van der Waals surface area contributed by atoms with Crippen molar-refractivity contribution in [2.45, 2.75) is 37.4 Å². The number of nitrogens with one attached hydrogen (secondary N) is 1. The van der Waals surface area contributed by atoms with Crippen LogP contribution in [0, 0.1) is 12.8 Å². The maximum atomic E-state index is 13.0. The monoisotopic (exact) mass is 494 g/mol. The average molecular weight is 495 g/mol. The van der Waals surface area contributed by atoms with Gasteiger partial charge < -0.3 is 5.32 Å². The molecule has 11 heteroatoms. The van der Waals surface area contributed by atoms with Gasteiger partial charge in [0, 0.05) is 17.3 Å². The Labute approximate surface area is 195 Å². The normalized spacial score (nSPS) is 11.8. The molecule has 0 spiro atoms. The van der Waals surface area contributed by atoms with Crippen LogP contribution in [0.25, 0.3) is 10.9 Å². The van der Waals surface area contributed by atoms with Crippen LogP contribution in [0.1, 0.15) is 19.4 Å². The number of nitrogens with zero attached hydrogens (tertiary/aromatic N) is 2. The van der Waals surface area contributed by atoms with E-state index in [-0.39, 0.29) is 28.0 Å². The van der Waals surface area contributed by atoms with Crippen LogP contribution in [0.4, 0.5) is 5.69 Å². The quantitative estimate of drug-likeness (QED) is 0.383. The number of aryl methyl sites for hydroxylation is 1. The highest BCUT2D eigenvalue weighted by Crippen LogP contribution is 2.23. The molecule has 0 saturated heterocycles. The lowest BCUT2D eigenvalue weighted by molar-refractivity contribution is -0.113. The Hall–Kier alpha value is -2.40. The van der Waals surface area contributed by atoms with Crippen LogP contribution in [0.5, 0.6) is 0 Å². The zero-order valence-corrected chi connectivity index (χ0v) is 20.1. The van der Waals surface area contributed by atoms with Crippen molar-refractivity contribution in [2.24, 2.45) is 11.1 Å². The number of sulfonamides is 1. The number of thioether (sulfide) groups is 1. The molecule has 2 aromatic carbocycles. The number of hydrogen-bond donors (Lipinski definition) is 2. The van der Waals surface area contributed by atoms with Gasteiger partial charge in [-0.15, -0.1) is 0 Å². The summed E-state index contributed by atoms with van der Waals surface area (Å²) in [5.41, 5.74) is 1.08. The van der Waals surface area contributed by atoms with Gasteiger partial charge in [-0.25, -0.2) is 18.5 Å². The van der Waals surface area contributed by atoms with Gasteiger partial charge in [-0.1, -0.05) is 43.3 Å². The summed E-state index contributed by atoms with van der Waals surface area (Å²) in [6, 6.07) is 9.40. The summed E-state index contributed by atoms with van der Waals surface area (Å²) in [7, 11) is -3.91. The lowest BCUT2D eigenvalue weighted by atomic mass is 10.2. The minimum absolute atomic E-state index is 0.0256. The maximum absolute atomic E-state index is 13.0. The number of carbonyl (C=O) groups is 1. The van der Waals surface area contributed by atoms with E-state index in [2.05, 4.69) is 10.3 Å². The summed E-state index contributed by atoms with van der Waals surface area (Å²) in [4.78, 5) is 30.0. The fourth-order valence-electron chi connectivity index (χ4n) is 3.12. The molecule has 0 radical (unpaired) electrons. The van der Waals surface area contributed by atoms with E-state index in [0.717, 1.165) is 11.8 Å². The number of anilines is 1. The van der Waals surface area contributed by atoms with Crippen molar-refractivity contribution < 1.29 is 13.2 Å². The number of primary sulfonamides is 1. The number of fused-ring (bicyclic) bond motifs is 1. The van der Waals surface area contributed by atoms with E-state index in [0.29, 0.717) is 38.9 Å². The number of aromatic nitrogens is 2. The van der Waals surface area contributed by atoms with Crippen molar-refractivity contribution in [3.63, 3.8) is 0 Å². The molecule has 3 N–H and O–H groups in total. The molecule has 3 rings (SSSR count). The van der Waals surface area contributed by atoms with E-state index in [1.807, 2.05) is 13.8 Å². The van der Waals surface area contributed by atoms with E-state index in [4.69, 9.17) is 16.7 Å². The number of nitrogens with two attached hydrogens (primary N) is 1. The minimum atomic E-state index is -3.91. The Kier molecular flexibility index (Phi) is 7.29. The van der Waals surface area contributed by atoms with Crippen LogP contribution in [0.3, 0.4) is 0 Å². The molecular formula is C21H23ClN4O4S2. The lowest BCUT2D eigenvalue weighted by Gasteiger charge is -2.15. The molecular weight excluding hydrogens is 472 g/mol. The van der Waals surface area contributed by atoms with Crippen molar-refractivity contribution in [1.82, 2.24) is 9.55 Å². The Morgan fingerprint density at radius 2 is 1.97 bits per heavy atom. The molecule has 32 heavy (non-hydrogen) atoms.